The maximum atomic E-state index is 7.51. The van der Waals surface area contributed by atoms with Crippen LogP contribution in [0, 0.1) is 12.3 Å². The average molecular weight is 338 g/mol. The average Bonchev–Trinajstić information content (AvgIpc) is 3.09. The van der Waals surface area contributed by atoms with Gasteiger partial charge in [0.25, 0.3) is 5.95 Å². The molecule has 3 rings (SSSR count). The quantitative estimate of drug-likeness (QED) is 0.590. The number of aromatic nitrogens is 5. The molecule has 128 valence electrons. The van der Waals surface area contributed by atoms with Crippen LogP contribution in [0.15, 0.2) is 30.7 Å². The molecule has 0 aliphatic rings. The first-order valence-corrected chi connectivity index (χ1v) is 7.53. The standard InChI is InChI=1S/C16H18N8O/c1-10-4-5-19-16(21-10)24-9-11(8-20-24)22-14-6-13(25-3)12(7-17)15(18-2)23-14/h4-9,17H,1-3H3,(H2,18,22,23). The van der Waals surface area contributed by atoms with Crippen LogP contribution in [0.1, 0.15) is 11.3 Å². The Balaban J connectivity index is 1.89. The van der Waals surface area contributed by atoms with Gasteiger partial charge in [-0.2, -0.15) is 5.10 Å². The molecule has 3 heterocycles. The maximum absolute atomic E-state index is 7.51. The summed E-state index contributed by atoms with van der Waals surface area (Å²) in [5, 5.41) is 17.9. The predicted octanol–water partition coefficient (Wildman–Crippen LogP) is 2.16. The normalized spacial score (nSPS) is 10.4. The minimum absolute atomic E-state index is 0.494. The monoisotopic (exact) mass is 338 g/mol. The lowest BCUT2D eigenvalue weighted by atomic mass is 10.2. The highest BCUT2D eigenvalue weighted by molar-refractivity contribution is 5.89. The molecule has 0 fully saturated rings. The summed E-state index contributed by atoms with van der Waals surface area (Å²) in [6.07, 6.45) is 6.32. The van der Waals surface area contributed by atoms with Crippen molar-refractivity contribution in [2.75, 3.05) is 24.8 Å². The van der Waals surface area contributed by atoms with Gasteiger partial charge in [0.05, 0.1) is 30.8 Å². The van der Waals surface area contributed by atoms with Gasteiger partial charge < -0.3 is 20.8 Å². The second-order valence-corrected chi connectivity index (χ2v) is 5.16. The Kier molecular flexibility index (Phi) is 4.55. The van der Waals surface area contributed by atoms with Crippen molar-refractivity contribution in [1.29, 1.82) is 5.41 Å². The van der Waals surface area contributed by atoms with Gasteiger partial charge in [-0.25, -0.2) is 19.6 Å². The van der Waals surface area contributed by atoms with E-state index < -0.39 is 0 Å². The third kappa shape index (κ3) is 3.39. The molecule has 0 amide bonds. The fourth-order valence-electron chi connectivity index (χ4n) is 2.29. The Morgan fingerprint density at radius 3 is 2.84 bits per heavy atom. The van der Waals surface area contributed by atoms with Crippen molar-refractivity contribution in [3.63, 3.8) is 0 Å². The summed E-state index contributed by atoms with van der Waals surface area (Å²) in [6, 6.07) is 3.55. The molecule has 0 saturated heterocycles. The highest BCUT2D eigenvalue weighted by Gasteiger charge is 2.12. The molecule has 3 aromatic rings. The van der Waals surface area contributed by atoms with Gasteiger partial charge in [0.2, 0.25) is 0 Å². The molecular weight excluding hydrogens is 320 g/mol. The van der Waals surface area contributed by atoms with Crippen molar-refractivity contribution in [3.05, 3.63) is 42.0 Å². The lowest BCUT2D eigenvalue weighted by Gasteiger charge is -2.12. The van der Waals surface area contributed by atoms with E-state index in [4.69, 9.17) is 10.1 Å². The van der Waals surface area contributed by atoms with Crippen LogP contribution < -0.4 is 15.4 Å². The third-order valence-electron chi connectivity index (χ3n) is 3.46. The number of nitrogens with zero attached hydrogens (tertiary/aromatic N) is 5. The van der Waals surface area contributed by atoms with Crippen LogP contribution >= 0.6 is 0 Å². The SMILES string of the molecule is CNc1nc(Nc2cnn(-c3nccc(C)n3)c2)cc(OC)c1C=N. The fraction of sp³-hybridized carbons (Fsp3) is 0.188. The van der Waals surface area contributed by atoms with Crippen LogP contribution in [0.4, 0.5) is 17.3 Å². The van der Waals surface area contributed by atoms with E-state index in [1.165, 1.54) is 6.21 Å². The number of hydrogen-bond donors (Lipinski definition) is 3. The molecule has 0 saturated carbocycles. The fourth-order valence-corrected chi connectivity index (χ4v) is 2.29. The second kappa shape index (κ2) is 6.95. The zero-order chi connectivity index (χ0) is 17.8. The Hall–Kier alpha value is -3.49. The van der Waals surface area contributed by atoms with E-state index in [0.717, 1.165) is 11.4 Å². The lowest BCUT2D eigenvalue weighted by Crippen LogP contribution is -2.04. The van der Waals surface area contributed by atoms with Crippen LogP contribution in [0.3, 0.4) is 0 Å². The van der Waals surface area contributed by atoms with Gasteiger partial charge >= 0.3 is 0 Å². The highest BCUT2D eigenvalue weighted by atomic mass is 16.5. The molecule has 9 heteroatoms. The second-order valence-electron chi connectivity index (χ2n) is 5.16. The van der Waals surface area contributed by atoms with Crippen molar-refractivity contribution < 1.29 is 4.74 Å². The molecule has 0 unspecified atom stereocenters. The molecule has 3 N–H and O–H groups in total. The largest absolute Gasteiger partial charge is 0.496 e. The van der Waals surface area contributed by atoms with Gasteiger partial charge in [-0.1, -0.05) is 0 Å². The summed E-state index contributed by atoms with van der Waals surface area (Å²) < 4.78 is 6.91. The number of methoxy groups -OCH3 is 1. The Morgan fingerprint density at radius 1 is 1.32 bits per heavy atom. The third-order valence-corrected chi connectivity index (χ3v) is 3.46. The topological polar surface area (TPSA) is 114 Å². The number of aryl methyl sites for hydroxylation is 1. The van der Waals surface area contributed by atoms with Crippen molar-refractivity contribution >= 4 is 23.5 Å². The zero-order valence-corrected chi connectivity index (χ0v) is 14.1. The van der Waals surface area contributed by atoms with E-state index in [-0.39, 0.29) is 0 Å². The Labute approximate surface area is 144 Å². The summed E-state index contributed by atoms with van der Waals surface area (Å²) in [6.45, 7) is 1.90. The van der Waals surface area contributed by atoms with Gasteiger partial charge in [-0.15, -0.1) is 0 Å². The molecule has 0 atom stereocenters. The summed E-state index contributed by atoms with van der Waals surface area (Å²) in [4.78, 5) is 13.0. The Bertz CT molecular complexity index is 880. The smallest absolute Gasteiger partial charge is 0.250 e. The minimum atomic E-state index is 0.494. The van der Waals surface area contributed by atoms with Crippen LogP contribution in [-0.4, -0.2) is 45.1 Å². The summed E-state index contributed by atoms with van der Waals surface area (Å²) in [5.41, 5.74) is 2.17. The van der Waals surface area contributed by atoms with Crippen molar-refractivity contribution in [1.82, 2.24) is 24.7 Å². The molecule has 0 aliphatic heterocycles. The molecule has 0 aromatic carbocycles. The van der Waals surface area contributed by atoms with Crippen LogP contribution in [-0.2, 0) is 0 Å². The first-order valence-electron chi connectivity index (χ1n) is 7.53. The molecule has 0 aliphatic carbocycles. The lowest BCUT2D eigenvalue weighted by molar-refractivity contribution is 0.414. The molecule has 0 bridgehead atoms. The number of pyridine rings is 1. The van der Waals surface area contributed by atoms with Crippen molar-refractivity contribution in [2.24, 2.45) is 0 Å². The number of hydrogen-bond acceptors (Lipinski definition) is 8. The van der Waals surface area contributed by atoms with Gasteiger partial charge in [0, 0.05) is 31.2 Å². The van der Waals surface area contributed by atoms with E-state index in [2.05, 4.69) is 30.7 Å². The first-order chi connectivity index (χ1) is 12.1. The summed E-state index contributed by atoms with van der Waals surface area (Å²) in [7, 11) is 3.30. The molecule has 0 radical (unpaired) electrons. The van der Waals surface area contributed by atoms with E-state index >= 15 is 0 Å². The first kappa shape index (κ1) is 16.4. The predicted molar refractivity (Wildman–Crippen MR) is 95.4 cm³/mol. The number of ether oxygens (including phenoxy) is 1. The van der Waals surface area contributed by atoms with Gasteiger partial charge in [-0.3, -0.25) is 0 Å². The van der Waals surface area contributed by atoms with E-state index in [0.29, 0.717) is 28.9 Å². The number of anilines is 3. The van der Waals surface area contributed by atoms with Gasteiger partial charge in [0.15, 0.2) is 0 Å². The highest BCUT2D eigenvalue weighted by Crippen LogP contribution is 2.28. The maximum Gasteiger partial charge on any atom is 0.250 e. The van der Waals surface area contributed by atoms with E-state index in [1.807, 2.05) is 13.0 Å². The summed E-state index contributed by atoms with van der Waals surface area (Å²) >= 11 is 0. The summed E-state index contributed by atoms with van der Waals surface area (Å²) in [5.74, 6) is 2.16. The number of rotatable bonds is 6. The Morgan fingerprint density at radius 2 is 2.16 bits per heavy atom. The van der Waals surface area contributed by atoms with Crippen molar-refractivity contribution in [3.8, 4) is 11.7 Å². The molecule has 0 spiro atoms. The zero-order valence-electron chi connectivity index (χ0n) is 14.1. The molecule has 9 nitrogen and oxygen atoms in total. The van der Waals surface area contributed by atoms with E-state index in [9.17, 15) is 0 Å². The van der Waals surface area contributed by atoms with Crippen LogP contribution in [0.25, 0.3) is 5.95 Å². The minimum Gasteiger partial charge on any atom is -0.496 e. The van der Waals surface area contributed by atoms with Crippen molar-refractivity contribution in [2.45, 2.75) is 6.92 Å². The van der Waals surface area contributed by atoms with Crippen LogP contribution in [0.2, 0.25) is 0 Å². The number of nitrogens with one attached hydrogen (secondary N) is 3. The molecule has 3 aromatic heterocycles. The van der Waals surface area contributed by atoms with Gasteiger partial charge in [-0.05, 0) is 13.0 Å². The van der Waals surface area contributed by atoms with Crippen LogP contribution in [0.5, 0.6) is 5.75 Å². The molecular formula is C16H18N8O. The van der Waals surface area contributed by atoms with Gasteiger partial charge in [0.1, 0.15) is 17.4 Å². The van der Waals surface area contributed by atoms with E-state index in [1.54, 1.807) is 43.5 Å². The molecule has 25 heavy (non-hydrogen) atoms.